The smallest absolute Gasteiger partial charge is 0.334 e. The van der Waals surface area contributed by atoms with Crippen LogP contribution in [-0.2, 0) is 19.2 Å². The number of epoxide rings is 1. The number of carbonyl (C=O) groups is 1. The van der Waals surface area contributed by atoms with Crippen molar-refractivity contribution in [3.63, 3.8) is 0 Å². The molecule has 2 aliphatic heterocycles. The highest BCUT2D eigenvalue weighted by atomic mass is 17.1. The van der Waals surface area contributed by atoms with Crippen LogP contribution in [0, 0.1) is 5.92 Å². The molecular formula is C20H30O6. The predicted molar refractivity (Wildman–Crippen MR) is 95.4 cm³/mol. The molecule has 26 heavy (non-hydrogen) atoms. The fourth-order valence-corrected chi connectivity index (χ4v) is 4.22. The van der Waals surface area contributed by atoms with Crippen LogP contribution in [0.3, 0.4) is 0 Å². The van der Waals surface area contributed by atoms with Gasteiger partial charge in [0.05, 0.1) is 17.3 Å². The number of fused-ring (bicyclic) bond motifs is 3. The van der Waals surface area contributed by atoms with Gasteiger partial charge in [-0.2, -0.15) is 0 Å². The monoisotopic (exact) mass is 366 g/mol. The van der Waals surface area contributed by atoms with E-state index in [0.29, 0.717) is 31.3 Å². The molecule has 2 saturated heterocycles. The molecular weight excluding hydrogens is 336 g/mol. The van der Waals surface area contributed by atoms with Crippen LogP contribution < -0.4 is 0 Å². The first-order chi connectivity index (χ1) is 12.2. The lowest BCUT2D eigenvalue weighted by Gasteiger charge is -2.39. The van der Waals surface area contributed by atoms with E-state index in [1.54, 1.807) is 6.92 Å². The molecule has 1 aliphatic carbocycles. The van der Waals surface area contributed by atoms with Crippen LogP contribution in [0.25, 0.3) is 0 Å². The van der Waals surface area contributed by atoms with Gasteiger partial charge in [0.1, 0.15) is 12.2 Å². The molecule has 2 heterocycles. The van der Waals surface area contributed by atoms with Gasteiger partial charge < -0.3 is 14.6 Å². The Labute approximate surface area is 154 Å². The summed E-state index contributed by atoms with van der Waals surface area (Å²) in [4.78, 5) is 16.8. The molecule has 6 heteroatoms. The van der Waals surface area contributed by atoms with Crippen molar-refractivity contribution in [1.82, 2.24) is 0 Å². The molecule has 0 aromatic carbocycles. The van der Waals surface area contributed by atoms with Crippen molar-refractivity contribution >= 4 is 5.97 Å². The zero-order chi connectivity index (χ0) is 19.1. The Kier molecular flexibility index (Phi) is 5.32. The van der Waals surface area contributed by atoms with Crippen molar-refractivity contribution < 1.29 is 29.5 Å². The molecule has 6 atom stereocenters. The quantitative estimate of drug-likeness (QED) is 0.185. The van der Waals surface area contributed by atoms with Gasteiger partial charge in [-0.25, -0.2) is 9.68 Å². The molecule has 6 nitrogen and oxygen atoms in total. The van der Waals surface area contributed by atoms with Gasteiger partial charge >= 0.3 is 5.97 Å². The SMILES string of the molecule is C=C1C(=O)OC2CC1CCC1(C)OC1CCC(=C)C(OO)CCC2(C)O. The molecule has 0 spiro atoms. The van der Waals surface area contributed by atoms with Crippen molar-refractivity contribution in [1.29, 1.82) is 0 Å². The van der Waals surface area contributed by atoms with E-state index in [2.05, 4.69) is 25.0 Å². The Balaban J connectivity index is 1.81. The van der Waals surface area contributed by atoms with E-state index >= 15 is 0 Å². The highest BCUT2D eigenvalue weighted by Crippen LogP contribution is 2.46. The molecule has 146 valence electrons. The average molecular weight is 366 g/mol. The third-order valence-corrected chi connectivity index (χ3v) is 6.44. The van der Waals surface area contributed by atoms with Crippen LogP contribution in [0.4, 0.5) is 0 Å². The van der Waals surface area contributed by atoms with E-state index in [-0.39, 0.29) is 17.6 Å². The summed E-state index contributed by atoms with van der Waals surface area (Å²) in [6, 6.07) is 0. The second-order valence-corrected chi connectivity index (χ2v) is 8.50. The van der Waals surface area contributed by atoms with Gasteiger partial charge in [-0.3, -0.25) is 5.26 Å². The van der Waals surface area contributed by atoms with Crippen LogP contribution in [0.15, 0.2) is 24.3 Å². The normalized spacial score (nSPS) is 44.7. The highest BCUT2D eigenvalue weighted by molar-refractivity contribution is 5.89. The molecule has 0 aromatic rings. The van der Waals surface area contributed by atoms with Gasteiger partial charge in [-0.1, -0.05) is 13.2 Å². The van der Waals surface area contributed by atoms with E-state index in [1.807, 2.05) is 0 Å². The molecule has 3 rings (SSSR count). The minimum absolute atomic E-state index is 0.0165. The van der Waals surface area contributed by atoms with Crippen molar-refractivity contribution in [3.8, 4) is 0 Å². The maximum Gasteiger partial charge on any atom is 0.334 e. The van der Waals surface area contributed by atoms with Crippen LogP contribution in [0.2, 0.25) is 0 Å². The summed E-state index contributed by atoms with van der Waals surface area (Å²) < 4.78 is 11.4. The largest absolute Gasteiger partial charge is 0.456 e. The Hall–Kier alpha value is -1.21. The summed E-state index contributed by atoms with van der Waals surface area (Å²) in [5, 5.41) is 20.2. The Bertz CT molecular complexity index is 597. The molecule has 3 fully saturated rings. The molecule has 2 N–H and O–H groups in total. The van der Waals surface area contributed by atoms with Crippen LogP contribution in [0.5, 0.6) is 0 Å². The fraction of sp³-hybridized carbons (Fsp3) is 0.750. The summed E-state index contributed by atoms with van der Waals surface area (Å²) in [5.74, 6) is -0.450. The van der Waals surface area contributed by atoms with E-state index < -0.39 is 23.8 Å². The molecule has 0 aromatic heterocycles. The maximum absolute atomic E-state index is 12.2. The maximum atomic E-state index is 12.2. The molecule has 2 bridgehead atoms. The summed E-state index contributed by atoms with van der Waals surface area (Å²) in [5.41, 5.74) is -0.141. The standard InChI is InChI=1S/C20H30O6/c1-12-5-6-16-20(4,25-16)10-7-14-11-17(24-18(21)13(14)2)19(3,22)9-8-15(12)26-23/h14-17,22-23H,1-2,5-11H2,3-4H3. The molecule has 1 saturated carbocycles. The summed E-state index contributed by atoms with van der Waals surface area (Å²) in [6.07, 6.45) is 3.39. The van der Waals surface area contributed by atoms with E-state index in [0.717, 1.165) is 24.8 Å². The van der Waals surface area contributed by atoms with E-state index in [4.69, 9.17) is 9.47 Å². The average Bonchev–Trinajstić information content (AvgIpc) is 3.24. The Morgan fingerprint density at radius 1 is 1.15 bits per heavy atom. The zero-order valence-electron chi connectivity index (χ0n) is 15.7. The lowest BCUT2D eigenvalue weighted by atomic mass is 9.78. The van der Waals surface area contributed by atoms with E-state index in [1.165, 1.54) is 0 Å². The van der Waals surface area contributed by atoms with Crippen molar-refractivity contribution in [3.05, 3.63) is 24.3 Å². The number of ether oxygens (including phenoxy) is 2. The Morgan fingerprint density at radius 2 is 1.88 bits per heavy atom. The van der Waals surface area contributed by atoms with Crippen LogP contribution >= 0.6 is 0 Å². The first-order valence-corrected chi connectivity index (χ1v) is 9.44. The topological polar surface area (TPSA) is 88.5 Å². The minimum atomic E-state index is -1.21. The number of rotatable bonds is 1. The lowest BCUT2D eigenvalue weighted by Crippen LogP contribution is -2.47. The zero-order valence-corrected chi connectivity index (χ0v) is 15.7. The van der Waals surface area contributed by atoms with Gasteiger partial charge in [-0.05, 0) is 70.3 Å². The van der Waals surface area contributed by atoms with Crippen molar-refractivity contribution in [2.75, 3.05) is 0 Å². The number of hydrogen-bond acceptors (Lipinski definition) is 6. The van der Waals surface area contributed by atoms with E-state index in [9.17, 15) is 15.2 Å². The molecule has 0 radical (unpaired) electrons. The van der Waals surface area contributed by atoms with Gasteiger partial charge in [0, 0.05) is 5.57 Å². The lowest BCUT2D eigenvalue weighted by molar-refractivity contribution is -0.272. The fourth-order valence-electron chi connectivity index (χ4n) is 4.22. The summed E-state index contributed by atoms with van der Waals surface area (Å²) in [6.45, 7) is 11.7. The number of carbonyl (C=O) groups excluding carboxylic acids is 1. The minimum Gasteiger partial charge on any atom is -0.456 e. The Morgan fingerprint density at radius 3 is 2.58 bits per heavy atom. The van der Waals surface area contributed by atoms with Crippen molar-refractivity contribution in [2.45, 2.75) is 88.3 Å². The highest BCUT2D eigenvalue weighted by Gasteiger charge is 2.52. The van der Waals surface area contributed by atoms with Gasteiger partial charge in [0.25, 0.3) is 0 Å². The number of esters is 1. The van der Waals surface area contributed by atoms with Gasteiger partial charge in [0.2, 0.25) is 0 Å². The second-order valence-electron chi connectivity index (χ2n) is 8.50. The predicted octanol–water partition coefficient (Wildman–Crippen LogP) is 3.15. The summed E-state index contributed by atoms with van der Waals surface area (Å²) >= 11 is 0. The third kappa shape index (κ3) is 3.88. The van der Waals surface area contributed by atoms with Crippen LogP contribution in [-0.4, -0.2) is 45.8 Å². The molecule has 3 aliphatic rings. The first kappa shape index (κ1) is 19.5. The summed E-state index contributed by atoms with van der Waals surface area (Å²) in [7, 11) is 0. The molecule has 0 amide bonds. The van der Waals surface area contributed by atoms with Gasteiger partial charge in [-0.15, -0.1) is 0 Å². The first-order valence-electron chi connectivity index (χ1n) is 9.44. The van der Waals surface area contributed by atoms with Crippen LogP contribution in [0.1, 0.15) is 58.8 Å². The van der Waals surface area contributed by atoms with Crippen molar-refractivity contribution in [2.24, 2.45) is 5.92 Å². The number of hydrogen-bond donors (Lipinski definition) is 2. The number of aliphatic hydroxyl groups is 1. The molecule has 6 unspecified atom stereocenters. The van der Waals surface area contributed by atoms with Gasteiger partial charge in [0.15, 0.2) is 0 Å². The second kappa shape index (κ2) is 7.08. The third-order valence-electron chi connectivity index (χ3n) is 6.44.